The van der Waals surface area contributed by atoms with E-state index in [1.807, 2.05) is 31.0 Å². The lowest BCUT2D eigenvalue weighted by atomic mass is 10.3. The number of furan rings is 1. The predicted molar refractivity (Wildman–Crippen MR) is 56.9 cm³/mol. The molecule has 0 unspecified atom stereocenters. The summed E-state index contributed by atoms with van der Waals surface area (Å²) in [5, 5.41) is 8.51. The first kappa shape index (κ1) is 11.8. The molecule has 0 saturated carbocycles. The van der Waals surface area contributed by atoms with Gasteiger partial charge >= 0.3 is 5.97 Å². The zero-order valence-electron chi connectivity index (χ0n) is 9.19. The van der Waals surface area contributed by atoms with Crippen LogP contribution in [0.25, 0.3) is 0 Å². The monoisotopic (exact) mass is 211 g/mol. The first-order chi connectivity index (χ1) is 7.08. The van der Waals surface area contributed by atoms with Gasteiger partial charge in [0.25, 0.3) is 0 Å². The highest BCUT2D eigenvalue weighted by Gasteiger charge is 2.04. The lowest BCUT2D eigenvalue weighted by Crippen LogP contribution is -2.24. The summed E-state index contributed by atoms with van der Waals surface area (Å²) in [5.74, 6) is 1.11. The Morgan fingerprint density at radius 3 is 2.73 bits per heavy atom. The minimum Gasteiger partial charge on any atom is -0.481 e. The second-order valence-electron chi connectivity index (χ2n) is 3.71. The molecule has 0 aromatic carbocycles. The van der Waals surface area contributed by atoms with Gasteiger partial charge in [-0.05, 0) is 26.1 Å². The van der Waals surface area contributed by atoms with Crippen molar-refractivity contribution in [2.24, 2.45) is 0 Å². The van der Waals surface area contributed by atoms with E-state index in [0.29, 0.717) is 6.54 Å². The molecule has 1 N–H and O–H groups in total. The van der Waals surface area contributed by atoms with Gasteiger partial charge in [0.2, 0.25) is 0 Å². The standard InChI is InChI=1S/C11H17NO3/c1-9-3-4-10(15-9)5-7-12(2)8-6-11(13)14/h3-4H,5-8H2,1-2H3,(H,13,14). The summed E-state index contributed by atoms with van der Waals surface area (Å²) in [6.07, 6.45) is 1.01. The van der Waals surface area contributed by atoms with Crippen LogP contribution in [0.2, 0.25) is 0 Å². The molecule has 0 fully saturated rings. The van der Waals surface area contributed by atoms with Crippen LogP contribution in [-0.2, 0) is 11.2 Å². The van der Waals surface area contributed by atoms with E-state index in [-0.39, 0.29) is 6.42 Å². The molecular formula is C11H17NO3. The summed E-state index contributed by atoms with van der Waals surface area (Å²) in [7, 11) is 1.92. The van der Waals surface area contributed by atoms with E-state index in [9.17, 15) is 4.79 Å². The molecule has 0 amide bonds. The number of rotatable bonds is 6. The Bertz CT molecular complexity index is 319. The van der Waals surface area contributed by atoms with Gasteiger partial charge in [0.05, 0.1) is 6.42 Å². The molecular weight excluding hydrogens is 194 g/mol. The highest BCUT2D eigenvalue weighted by molar-refractivity contribution is 5.66. The van der Waals surface area contributed by atoms with E-state index >= 15 is 0 Å². The summed E-state index contributed by atoms with van der Waals surface area (Å²) < 4.78 is 5.42. The molecule has 0 saturated heterocycles. The van der Waals surface area contributed by atoms with Gasteiger partial charge in [-0.15, -0.1) is 0 Å². The number of carboxylic acids is 1. The Morgan fingerprint density at radius 1 is 1.47 bits per heavy atom. The molecule has 0 aliphatic carbocycles. The van der Waals surface area contributed by atoms with Crippen LogP contribution in [0.1, 0.15) is 17.9 Å². The zero-order valence-corrected chi connectivity index (χ0v) is 9.19. The van der Waals surface area contributed by atoms with Gasteiger partial charge in [0.15, 0.2) is 0 Å². The van der Waals surface area contributed by atoms with Crippen LogP contribution >= 0.6 is 0 Å². The first-order valence-corrected chi connectivity index (χ1v) is 5.03. The van der Waals surface area contributed by atoms with Crippen molar-refractivity contribution in [2.45, 2.75) is 19.8 Å². The largest absolute Gasteiger partial charge is 0.481 e. The predicted octanol–water partition coefficient (Wildman–Crippen LogP) is 1.54. The van der Waals surface area contributed by atoms with Crippen LogP contribution in [0.3, 0.4) is 0 Å². The number of hydrogen-bond donors (Lipinski definition) is 1. The fourth-order valence-electron chi connectivity index (χ4n) is 1.32. The third-order valence-corrected chi connectivity index (χ3v) is 2.24. The van der Waals surface area contributed by atoms with Gasteiger partial charge in [-0.1, -0.05) is 0 Å². The SMILES string of the molecule is Cc1ccc(CCN(C)CCC(=O)O)o1. The summed E-state index contributed by atoms with van der Waals surface area (Å²) >= 11 is 0. The number of carbonyl (C=O) groups is 1. The summed E-state index contributed by atoms with van der Waals surface area (Å²) in [4.78, 5) is 12.3. The molecule has 0 radical (unpaired) electrons. The summed E-state index contributed by atoms with van der Waals surface area (Å²) in [6.45, 7) is 3.31. The van der Waals surface area contributed by atoms with Crippen molar-refractivity contribution < 1.29 is 14.3 Å². The second kappa shape index (κ2) is 5.56. The fraction of sp³-hybridized carbons (Fsp3) is 0.545. The van der Waals surface area contributed by atoms with Gasteiger partial charge in [-0.2, -0.15) is 0 Å². The van der Waals surface area contributed by atoms with Crippen molar-refractivity contribution in [1.82, 2.24) is 4.90 Å². The van der Waals surface area contributed by atoms with Gasteiger partial charge in [-0.3, -0.25) is 4.79 Å². The molecule has 84 valence electrons. The molecule has 4 nitrogen and oxygen atoms in total. The molecule has 1 heterocycles. The zero-order chi connectivity index (χ0) is 11.3. The van der Waals surface area contributed by atoms with Gasteiger partial charge in [0.1, 0.15) is 11.5 Å². The van der Waals surface area contributed by atoms with Crippen LogP contribution in [0, 0.1) is 6.92 Å². The Labute approximate surface area is 89.5 Å². The molecule has 0 aliphatic heterocycles. The maximum Gasteiger partial charge on any atom is 0.304 e. The Kier molecular flexibility index (Phi) is 4.37. The molecule has 1 aromatic rings. The first-order valence-electron chi connectivity index (χ1n) is 5.03. The van der Waals surface area contributed by atoms with Crippen molar-refractivity contribution in [3.05, 3.63) is 23.7 Å². The molecule has 4 heteroatoms. The quantitative estimate of drug-likeness (QED) is 0.775. The highest BCUT2D eigenvalue weighted by Crippen LogP contribution is 2.07. The average Bonchev–Trinajstić information content (AvgIpc) is 2.58. The maximum absolute atomic E-state index is 10.3. The van der Waals surface area contributed by atoms with Gasteiger partial charge in [-0.25, -0.2) is 0 Å². The molecule has 1 aromatic heterocycles. The van der Waals surface area contributed by atoms with E-state index in [1.54, 1.807) is 0 Å². The fourth-order valence-corrected chi connectivity index (χ4v) is 1.32. The van der Waals surface area contributed by atoms with Gasteiger partial charge < -0.3 is 14.4 Å². The topological polar surface area (TPSA) is 53.7 Å². The lowest BCUT2D eigenvalue weighted by molar-refractivity contribution is -0.137. The van der Waals surface area contributed by atoms with Crippen LogP contribution in [0.15, 0.2) is 16.5 Å². The van der Waals surface area contributed by atoms with Crippen LogP contribution in [0.5, 0.6) is 0 Å². The Balaban J connectivity index is 2.22. The Morgan fingerprint density at radius 2 is 2.20 bits per heavy atom. The molecule has 0 atom stereocenters. The normalized spacial score (nSPS) is 10.9. The van der Waals surface area contributed by atoms with Crippen molar-refractivity contribution >= 4 is 5.97 Å². The minimum atomic E-state index is -0.754. The van der Waals surface area contributed by atoms with Crippen LogP contribution in [0.4, 0.5) is 0 Å². The van der Waals surface area contributed by atoms with Crippen LogP contribution < -0.4 is 0 Å². The van der Waals surface area contributed by atoms with Crippen molar-refractivity contribution in [3.63, 3.8) is 0 Å². The van der Waals surface area contributed by atoms with Crippen LogP contribution in [-0.4, -0.2) is 36.1 Å². The summed E-state index contributed by atoms with van der Waals surface area (Å²) in [5.41, 5.74) is 0. The number of likely N-dealkylation sites (N-methyl/N-ethyl adjacent to an activating group) is 1. The Hall–Kier alpha value is -1.29. The average molecular weight is 211 g/mol. The number of nitrogens with zero attached hydrogens (tertiary/aromatic N) is 1. The second-order valence-corrected chi connectivity index (χ2v) is 3.71. The maximum atomic E-state index is 10.3. The number of aryl methyl sites for hydroxylation is 1. The van der Waals surface area contributed by atoms with E-state index < -0.39 is 5.97 Å². The number of hydrogen-bond acceptors (Lipinski definition) is 3. The van der Waals surface area contributed by atoms with Crippen molar-refractivity contribution in [3.8, 4) is 0 Å². The van der Waals surface area contributed by atoms with Gasteiger partial charge in [0, 0.05) is 19.5 Å². The molecule has 15 heavy (non-hydrogen) atoms. The molecule has 0 aliphatic rings. The summed E-state index contributed by atoms with van der Waals surface area (Å²) in [6, 6.07) is 3.90. The molecule has 1 rings (SSSR count). The third kappa shape index (κ3) is 4.65. The lowest BCUT2D eigenvalue weighted by Gasteiger charge is -2.13. The van der Waals surface area contributed by atoms with E-state index in [1.165, 1.54) is 0 Å². The highest BCUT2D eigenvalue weighted by atomic mass is 16.4. The van der Waals surface area contributed by atoms with E-state index in [2.05, 4.69) is 0 Å². The van der Waals surface area contributed by atoms with E-state index in [4.69, 9.17) is 9.52 Å². The minimum absolute atomic E-state index is 0.188. The van der Waals surface area contributed by atoms with Crippen molar-refractivity contribution in [2.75, 3.05) is 20.1 Å². The third-order valence-electron chi connectivity index (χ3n) is 2.24. The molecule has 0 spiro atoms. The number of carboxylic acid groups (broad SMARTS) is 1. The number of aliphatic carboxylic acids is 1. The molecule has 0 bridgehead atoms. The van der Waals surface area contributed by atoms with E-state index in [0.717, 1.165) is 24.5 Å². The smallest absolute Gasteiger partial charge is 0.304 e. The van der Waals surface area contributed by atoms with Crippen molar-refractivity contribution in [1.29, 1.82) is 0 Å².